The van der Waals surface area contributed by atoms with Gasteiger partial charge in [-0.2, -0.15) is 0 Å². The Morgan fingerprint density at radius 1 is 1.04 bits per heavy atom. The molecule has 0 bridgehead atoms. The normalized spacial score (nSPS) is 18.4. The smallest absolute Gasteiger partial charge is 0.258 e. The van der Waals surface area contributed by atoms with Crippen LogP contribution in [0.1, 0.15) is 41.3 Å². The Balaban J connectivity index is 1.63. The number of para-hydroxylation sites is 1. The Labute approximate surface area is 160 Å². The first-order valence-corrected chi connectivity index (χ1v) is 11.2. The molecule has 0 N–H and O–H groups in total. The van der Waals surface area contributed by atoms with Gasteiger partial charge in [0.1, 0.15) is 0 Å². The van der Waals surface area contributed by atoms with Crippen molar-refractivity contribution in [1.29, 1.82) is 0 Å². The fourth-order valence-corrected chi connectivity index (χ4v) is 5.64. The molecule has 0 spiro atoms. The van der Waals surface area contributed by atoms with Gasteiger partial charge in [-0.05, 0) is 61.1 Å². The predicted molar refractivity (Wildman–Crippen MR) is 108 cm³/mol. The molecule has 0 atom stereocenters. The third-order valence-electron chi connectivity index (χ3n) is 5.43. The van der Waals surface area contributed by atoms with Crippen molar-refractivity contribution < 1.29 is 13.2 Å². The second-order valence-electron chi connectivity index (χ2n) is 7.13. The van der Waals surface area contributed by atoms with Gasteiger partial charge < -0.3 is 4.90 Å². The van der Waals surface area contributed by atoms with E-state index in [9.17, 15) is 13.2 Å². The maximum absolute atomic E-state index is 13.2. The van der Waals surface area contributed by atoms with E-state index in [-0.39, 0.29) is 11.7 Å². The molecule has 0 aliphatic carbocycles. The predicted octanol–water partition coefficient (Wildman–Crippen LogP) is 3.38. The molecule has 4 rings (SSSR count). The second kappa shape index (κ2) is 7.00. The number of rotatable bonds is 3. The van der Waals surface area contributed by atoms with Gasteiger partial charge in [0.05, 0.1) is 17.1 Å². The zero-order valence-corrected chi connectivity index (χ0v) is 16.3. The number of benzene rings is 2. The largest absolute Gasteiger partial charge is 0.308 e. The van der Waals surface area contributed by atoms with Crippen LogP contribution in [0, 0.1) is 0 Å². The number of fused-ring (bicyclic) bond motifs is 1. The van der Waals surface area contributed by atoms with Gasteiger partial charge in [-0.15, -0.1) is 0 Å². The highest BCUT2D eigenvalue weighted by Gasteiger charge is 2.29. The summed E-state index contributed by atoms with van der Waals surface area (Å²) in [6.07, 6.45) is 3.49. The molecule has 2 heterocycles. The minimum atomic E-state index is -3.20. The number of nitrogens with zero attached hydrogens (tertiary/aromatic N) is 2. The summed E-state index contributed by atoms with van der Waals surface area (Å²) in [7, 11) is -3.20. The lowest BCUT2D eigenvalue weighted by atomic mass is 9.96. The van der Waals surface area contributed by atoms with Gasteiger partial charge in [-0.1, -0.05) is 25.1 Å². The van der Waals surface area contributed by atoms with Crippen molar-refractivity contribution in [2.24, 2.45) is 0 Å². The van der Waals surface area contributed by atoms with E-state index in [1.54, 1.807) is 24.3 Å². The topological polar surface area (TPSA) is 57.7 Å². The summed E-state index contributed by atoms with van der Waals surface area (Å²) >= 11 is 0. The molecule has 0 radical (unpaired) electrons. The van der Waals surface area contributed by atoms with Gasteiger partial charge >= 0.3 is 0 Å². The summed E-state index contributed by atoms with van der Waals surface area (Å²) in [6.45, 7) is 3.33. The lowest BCUT2D eigenvalue weighted by molar-refractivity contribution is 0.0985. The molecule has 2 aliphatic heterocycles. The first-order valence-electron chi connectivity index (χ1n) is 9.54. The molecular formula is C21H24N2O3S. The van der Waals surface area contributed by atoms with Crippen LogP contribution in [-0.2, 0) is 22.9 Å². The molecular weight excluding hydrogens is 360 g/mol. The van der Waals surface area contributed by atoms with Crippen LogP contribution < -0.4 is 9.21 Å². The molecule has 0 unspecified atom stereocenters. The average molecular weight is 385 g/mol. The Hall–Kier alpha value is -2.34. The van der Waals surface area contributed by atoms with E-state index >= 15 is 0 Å². The molecule has 5 nitrogen and oxygen atoms in total. The van der Waals surface area contributed by atoms with Gasteiger partial charge in [0, 0.05) is 18.7 Å². The van der Waals surface area contributed by atoms with Gasteiger partial charge in [-0.25, -0.2) is 8.42 Å². The lowest BCUT2D eigenvalue weighted by Crippen LogP contribution is -2.36. The van der Waals surface area contributed by atoms with Gasteiger partial charge in [-0.3, -0.25) is 9.10 Å². The fraction of sp³-hybridized carbons (Fsp3) is 0.381. The molecule has 2 aliphatic rings. The Morgan fingerprint density at radius 2 is 1.81 bits per heavy atom. The van der Waals surface area contributed by atoms with E-state index in [4.69, 9.17) is 0 Å². The summed E-state index contributed by atoms with van der Waals surface area (Å²) in [5.41, 5.74) is 4.71. The number of carbonyl (C=O) groups excluding carboxylic acids is 1. The average Bonchev–Trinajstić information content (AvgIpc) is 3.05. The highest BCUT2D eigenvalue weighted by Crippen LogP contribution is 2.33. The first-order chi connectivity index (χ1) is 13.0. The SMILES string of the molecule is CCc1cccc2c1N(C(=O)c1ccc(N3CCCS3(=O)=O)cc1)CCC2. The minimum Gasteiger partial charge on any atom is -0.308 e. The molecule has 27 heavy (non-hydrogen) atoms. The number of aryl methyl sites for hydroxylation is 2. The molecule has 1 fully saturated rings. The lowest BCUT2D eigenvalue weighted by Gasteiger charge is -2.31. The van der Waals surface area contributed by atoms with Crippen molar-refractivity contribution in [2.45, 2.75) is 32.6 Å². The molecule has 6 heteroatoms. The quantitative estimate of drug-likeness (QED) is 0.815. The number of amides is 1. The maximum atomic E-state index is 13.2. The van der Waals surface area contributed by atoms with E-state index in [2.05, 4.69) is 25.1 Å². The summed E-state index contributed by atoms with van der Waals surface area (Å²) in [5.74, 6) is 0.172. The van der Waals surface area contributed by atoms with E-state index in [0.717, 1.165) is 24.9 Å². The molecule has 2 aromatic carbocycles. The van der Waals surface area contributed by atoms with E-state index < -0.39 is 10.0 Å². The van der Waals surface area contributed by atoms with Crippen molar-refractivity contribution >= 4 is 27.3 Å². The summed E-state index contributed by atoms with van der Waals surface area (Å²) < 4.78 is 25.6. The molecule has 142 valence electrons. The maximum Gasteiger partial charge on any atom is 0.258 e. The fourth-order valence-electron chi connectivity index (χ4n) is 4.08. The summed E-state index contributed by atoms with van der Waals surface area (Å²) in [6, 6.07) is 13.2. The summed E-state index contributed by atoms with van der Waals surface area (Å²) in [4.78, 5) is 15.1. The Kier molecular flexibility index (Phi) is 4.68. The molecule has 0 aromatic heterocycles. The highest BCUT2D eigenvalue weighted by molar-refractivity contribution is 7.93. The first kappa shape index (κ1) is 18.0. The van der Waals surface area contributed by atoms with Crippen LogP contribution in [0.5, 0.6) is 0 Å². The van der Waals surface area contributed by atoms with Crippen LogP contribution in [-0.4, -0.2) is 33.2 Å². The van der Waals surface area contributed by atoms with Crippen molar-refractivity contribution in [3.05, 3.63) is 59.2 Å². The zero-order valence-electron chi connectivity index (χ0n) is 15.5. The van der Waals surface area contributed by atoms with Crippen molar-refractivity contribution in [1.82, 2.24) is 0 Å². The van der Waals surface area contributed by atoms with Crippen LogP contribution in [0.25, 0.3) is 0 Å². The van der Waals surface area contributed by atoms with Gasteiger partial charge in [0.15, 0.2) is 0 Å². The van der Waals surface area contributed by atoms with Crippen LogP contribution in [0.3, 0.4) is 0 Å². The molecule has 1 amide bonds. The Morgan fingerprint density at radius 3 is 2.48 bits per heavy atom. The third kappa shape index (κ3) is 3.23. The van der Waals surface area contributed by atoms with E-state index in [0.29, 0.717) is 30.8 Å². The molecule has 1 saturated heterocycles. The van der Waals surface area contributed by atoms with Crippen molar-refractivity contribution in [3.63, 3.8) is 0 Å². The van der Waals surface area contributed by atoms with Crippen LogP contribution in [0.15, 0.2) is 42.5 Å². The van der Waals surface area contributed by atoms with Crippen molar-refractivity contribution in [2.75, 3.05) is 28.0 Å². The third-order valence-corrected chi connectivity index (χ3v) is 7.30. The Bertz CT molecular complexity index is 953. The van der Waals surface area contributed by atoms with Crippen LogP contribution >= 0.6 is 0 Å². The molecule has 2 aromatic rings. The minimum absolute atomic E-state index is 0.0207. The second-order valence-corrected chi connectivity index (χ2v) is 9.14. The van der Waals surface area contributed by atoms with Crippen molar-refractivity contribution in [3.8, 4) is 0 Å². The number of hydrogen-bond acceptors (Lipinski definition) is 3. The van der Waals surface area contributed by atoms with E-state index in [1.807, 2.05) is 4.90 Å². The highest BCUT2D eigenvalue weighted by atomic mass is 32.2. The number of carbonyl (C=O) groups is 1. The monoisotopic (exact) mass is 384 g/mol. The summed E-state index contributed by atoms with van der Waals surface area (Å²) in [5, 5.41) is 0. The number of anilines is 2. The van der Waals surface area contributed by atoms with Gasteiger partial charge in [0.25, 0.3) is 5.91 Å². The van der Waals surface area contributed by atoms with Gasteiger partial charge in [0.2, 0.25) is 10.0 Å². The standard InChI is InChI=1S/C21H24N2O3S/c1-2-16-6-3-7-17-8-4-13-22(20(16)17)21(24)18-9-11-19(12-10-18)23-14-5-15-27(23,25)26/h3,6-7,9-12H,2,4-5,8,13-15H2,1H3. The zero-order chi connectivity index (χ0) is 19.0. The van der Waals surface area contributed by atoms with Crippen LogP contribution in [0.4, 0.5) is 11.4 Å². The number of sulfonamides is 1. The van der Waals surface area contributed by atoms with Crippen LogP contribution in [0.2, 0.25) is 0 Å². The number of hydrogen-bond donors (Lipinski definition) is 0. The molecule has 0 saturated carbocycles. The van der Waals surface area contributed by atoms with E-state index in [1.165, 1.54) is 15.4 Å².